The van der Waals surface area contributed by atoms with Crippen molar-refractivity contribution in [1.82, 2.24) is 9.78 Å². The van der Waals surface area contributed by atoms with Gasteiger partial charge >= 0.3 is 0 Å². The zero-order chi connectivity index (χ0) is 17.1. The highest BCUT2D eigenvalue weighted by Gasteiger charge is 2.19. The molecule has 0 aliphatic carbocycles. The largest absolute Gasteiger partial charge is 0.310 e. The molecule has 0 aliphatic rings. The minimum Gasteiger partial charge on any atom is -0.310 e. The normalized spacial score (nSPS) is 10.6. The van der Waals surface area contributed by atoms with Crippen molar-refractivity contribution >= 4 is 11.6 Å². The number of carbonyl (C=O) groups excluding carboxylic acids is 1. The molecule has 0 aliphatic heterocycles. The third kappa shape index (κ3) is 3.23. The molecule has 0 unspecified atom stereocenters. The quantitative estimate of drug-likeness (QED) is 0.733. The predicted octanol–water partition coefficient (Wildman–Crippen LogP) is 3.82. The molecule has 1 amide bonds. The maximum absolute atomic E-state index is 12.8. The van der Waals surface area contributed by atoms with Gasteiger partial charge in [0.15, 0.2) is 5.69 Å². The molecule has 0 radical (unpaired) electrons. The van der Waals surface area contributed by atoms with Gasteiger partial charge in [0.05, 0.1) is 6.54 Å². The number of aryl methyl sites for hydroxylation is 2. The molecule has 0 atom stereocenters. The Hall–Kier alpha value is -2.88. The summed E-state index contributed by atoms with van der Waals surface area (Å²) in [7, 11) is 1.79. The Morgan fingerprint density at radius 1 is 1.04 bits per heavy atom. The van der Waals surface area contributed by atoms with Crippen LogP contribution < -0.4 is 4.90 Å². The Kier molecular flexibility index (Phi) is 4.47. The van der Waals surface area contributed by atoms with Gasteiger partial charge in [-0.2, -0.15) is 5.10 Å². The molecule has 0 spiro atoms. The number of hydrogen-bond acceptors (Lipinski definition) is 2. The molecule has 0 saturated carbocycles. The van der Waals surface area contributed by atoms with Crippen molar-refractivity contribution in [3.05, 3.63) is 83.2 Å². The molecule has 24 heavy (non-hydrogen) atoms. The highest BCUT2D eigenvalue weighted by molar-refractivity contribution is 6.04. The van der Waals surface area contributed by atoms with Crippen molar-refractivity contribution in [2.75, 3.05) is 11.9 Å². The van der Waals surface area contributed by atoms with Crippen LogP contribution in [0.2, 0.25) is 0 Å². The third-order valence-electron chi connectivity index (χ3n) is 4.16. The van der Waals surface area contributed by atoms with Crippen LogP contribution in [0.5, 0.6) is 0 Å². The maximum atomic E-state index is 12.8. The van der Waals surface area contributed by atoms with Gasteiger partial charge in [0.2, 0.25) is 0 Å². The highest BCUT2D eigenvalue weighted by Crippen LogP contribution is 2.20. The van der Waals surface area contributed by atoms with Gasteiger partial charge in [-0.3, -0.25) is 9.48 Å². The fourth-order valence-corrected chi connectivity index (χ4v) is 2.75. The molecule has 0 fully saturated rings. The van der Waals surface area contributed by atoms with E-state index in [1.807, 2.05) is 67.1 Å². The van der Waals surface area contributed by atoms with Gasteiger partial charge < -0.3 is 4.90 Å². The summed E-state index contributed by atoms with van der Waals surface area (Å²) in [6, 6.07) is 19.8. The zero-order valence-corrected chi connectivity index (χ0v) is 14.2. The lowest BCUT2D eigenvalue weighted by molar-refractivity contribution is 0.0987. The number of rotatable bonds is 4. The molecule has 3 rings (SSSR count). The number of hydrogen-bond donors (Lipinski definition) is 0. The minimum atomic E-state index is -0.0980. The Labute approximate surface area is 142 Å². The van der Waals surface area contributed by atoms with Crippen LogP contribution >= 0.6 is 0 Å². The van der Waals surface area contributed by atoms with E-state index in [4.69, 9.17) is 0 Å². The van der Waals surface area contributed by atoms with E-state index in [0.29, 0.717) is 12.2 Å². The van der Waals surface area contributed by atoms with Gasteiger partial charge in [0, 0.05) is 18.4 Å². The average Bonchev–Trinajstić information content (AvgIpc) is 2.96. The van der Waals surface area contributed by atoms with Crippen molar-refractivity contribution in [3.8, 4) is 0 Å². The van der Waals surface area contributed by atoms with Gasteiger partial charge in [0.25, 0.3) is 5.91 Å². The highest BCUT2D eigenvalue weighted by atomic mass is 16.2. The van der Waals surface area contributed by atoms with Crippen molar-refractivity contribution < 1.29 is 4.79 Å². The second-order valence-electron chi connectivity index (χ2n) is 5.96. The molecule has 0 saturated heterocycles. The van der Waals surface area contributed by atoms with Crippen LogP contribution in [0.4, 0.5) is 5.69 Å². The summed E-state index contributed by atoms with van der Waals surface area (Å²) in [5.41, 5.74) is 4.57. The Morgan fingerprint density at radius 3 is 2.42 bits per heavy atom. The molecule has 4 heteroatoms. The van der Waals surface area contributed by atoms with E-state index in [9.17, 15) is 4.79 Å². The molecule has 1 aromatic heterocycles. The number of aromatic nitrogens is 2. The molecule has 1 heterocycles. The van der Waals surface area contributed by atoms with Crippen LogP contribution in [-0.4, -0.2) is 22.7 Å². The average molecular weight is 319 g/mol. The number of anilines is 1. The summed E-state index contributed by atoms with van der Waals surface area (Å²) in [5.74, 6) is -0.0980. The summed E-state index contributed by atoms with van der Waals surface area (Å²) >= 11 is 0. The lowest BCUT2D eigenvalue weighted by atomic mass is 10.2. The summed E-state index contributed by atoms with van der Waals surface area (Å²) in [4.78, 5) is 14.4. The SMILES string of the molecule is Cc1ccccc1N(C)C(=O)c1cc(C)n(Cc2ccccc2)n1. The predicted molar refractivity (Wildman–Crippen MR) is 96.4 cm³/mol. The lowest BCUT2D eigenvalue weighted by Crippen LogP contribution is -2.27. The first-order chi connectivity index (χ1) is 11.6. The van der Waals surface area contributed by atoms with Crippen LogP contribution in [0.25, 0.3) is 0 Å². The van der Waals surface area contributed by atoms with Crippen molar-refractivity contribution in [3.63, 3.8) is 0 Å². The van der Waals surface area contributed by atoms with Crippen molar-refractivity contribution in [2.24, 2.45) is 0 Å². The molecule has 2 aromatic carbocycles. The van der Waals surface area contributed by atoms with E-state index in [0.717, 1.165) is 22.5 Å². The summed E-state index contributed by atoms with van der Waals surface area (Å²) in [5, 5.41) is 4.51. The van der Waals surface area contributed by atoms with E-state index in [1.54, 1.807) is 11.9 Å². The molecule has 4 nitrogen and oxygen atoms in total. The van der Waals surface area contributed by atoms with Gasteiger partial charge in [-0.1, -0.05) is 48.5 Å². The first-order valence-corrected chi connectivity index (χ1v) is 7.98. The number of para-hydroxylation sites is 1. The first-order valence-electron chi connectivity index (χ1n) is 7.98. The molecule has 3 aromatic rings. The lowest BCUT2D eigenvalue weighted by Gasteiger charge is -2.18. The smallest absolute Gasteiger partial charge is 0.278 e. The number of carbonyl (C=O) groups is 1. The maximum Gasteiger partial charge on any atom is 0.278 e. The topological polar surface area (TPSA) is 38.1 Å². The third-order valence-corrected chi connectivity index (χ3v) is 4.16. The van der Waals surface area contributed by atoms with Crippen molar-refractivity contribution in [2.45, 2.75) is 20.4 Å². The second-order valence-corrected chi connectivity index (χ2v) is 5.96. The summed E-state index contributed by atoms with van der Waals surface area (Å²) < 4.78 is 1.87. The molecule has 0 N–H and O–H groups in total. The van der Waals surface area contributed by atoms with Gasteiger partial charge in [-0.05, 0) is 37.1 Å². The van der Waals surface area contributed by atoms with Crippen LogP contribution in [0, 0.1) is 13.8 Å². The van der Waals surface area contributed by atoms with E-state index >= 15 is 0 Å². The fraction of sp³-hybridized carbons (Fsp3) is 0.200. The van der Waals surface area contributed by atoms with E-state index in [-0.39, 0.29) is 5.91 Å². The standard InChI is InChI=1S/C20H21N3O/c1-15-9-7-8-12-19(15)22(3)20(24)18-13-16(2)23(21-18)14-17-10-5-4-6-11-17/h4-13H,14H2,1-3H3. The summed E-state index contributed by atoms with van der Waals surface area (Å²) in [6.07, 6.45) is 0. The Morgan fingerprint density at radius 2 is 1.71 bits per heavy atom. The summed E-state index contributed by atoms with van der Waals surface area (Å²) in [6.45, 7) is 4.63. The fourth-order valence-electron chi connectivity index (χ4n) is 2.75. The van der Waals surface area contributed by atoms with Crippen LogP contribution in [-0.2, 0) is 6.54 Å². The minimum absolute atomic E-state index is 0.0980. The number of benzene rings is 2. The van der Waals surface area contributed by atoms with Gasteiger partial charge in [-0.15, -0.1) is 0 Å². The zero-order valence-electron chi connectivity index (χ0n) is 14.2. The number of amides is 1. The molecular weight excluding hydrogens is 298 g/mol. The van der Waals surface area contributed by atoms with Gasteiger partial charge in [-0.25, -0.2) is 0 Å². The van der Waals surface area contributed by atoms with Crippen LogP contribution in [0.3, 0.4) is 0 Å². The first kappa shape index (κ1) is 16.0. The van der Waals surface area contributed by atoms with Crippen molar-refractivity contribution in [1.29, 1.82) is 0 Å². The van der Waals surface area contributed by atoms with Gasteiger partial charge in [0.1, 0.15) is 0 Å². The van der Waals surface area contributed by atoms with E-state index in [1.165, 1.54) is 0 Å². The Bertz CT molecular complexity index is 852. The molecule has 0 bridgehead atoms. The van der Waals surface area contributed by atoms with Crippen LogP contribution in [0.1, 0.15) is 27.3 Å². The Balaban J connectivity index is 1.84. The van der Waals surface area contributed by atoms with E-state index < -0.39 is 0 Å². The van der Waals surface area contributed by atoms with E-state index in [2.05, 4.69) is 17.2 Å². The second kappa shape index (κ2) is 6.71. The number of nitrogens with zero attached hydrogens (tertiary/aromatic N) is 3. The molecule has 122 valence electrons. The van der Waals surface area contributed by atoms with Crippen LogP contribution in [0.15, 0.2) is 60.7 Å². The molecular formula is C20H21N3O. The monoisotopic (exact) mass is 319 g/mol.